The number of carbonyl (C=O) groups is 2. The number of rotatable bonds is 4. The van der Waals surface area contributed by atoms with Crippen molar-refractivity contribution in [1.29, 1.82) is 5.26 Å². The molecule has 7 nitrogen and oxygen atoms in total. The molecular weight excluding hydrogens is 363 g/mol. The van der Waals surface area contributed by atoms with Crippen molar-refractivity contribution < 1.29 is 19.1 Å². The second kappa shape index (κ2) is 8.39. The van der Waals surface area contributed by atoms with E-state index in [-0.39, 0.29) is 17.2 Å². The molecule has 0 aliphatic carbocycles. The summed E-state index contributed by atoms with van der Waals surface area (Å²) in [6, 6.07) is 12.5. The molecule has 0 radical (unpaired) electrons. The lowest BCUT2D eigenvalue weighted by Crippen LogP contribution is -2.51. The minimum absolute atomic E-state index is 0.0187. The summed E-state index contributed by atoms with van der Waals surface area (Å²) >= 11 is 0. The molecule has 0 bridgehead atoms. The van der Waals surface area contributed by atoms with E-state index in [1.807, 2.05) is 11.0 Å². The lowest BCUT2D eigenvalue weighted by atomic mass is 10.1. The second-order valence-electron chi connectivity index (χ2n) is 6.38. The van der Waals surface area contributed by atoms with Gasteiger partial charge in [0, 0.05) is 32.7 Å². The van der Waals surface area contributed by atoms with Crippen LogP contribution in [0.4, 0.5) is 14.9 Å². The molecule has 28 heavy (non-hydrogen) atoms. The Hall–Kier alpha value is -3.60. The van der Waals surface area contributed by atoms with E-state index in [1.165, 1.54) is 18.2 Å². The van der Waals surface area contributed by atoms with Crippen LogP contribution in [-0.2, 0) is 6.54 Å². The topological polar surface area (TPSA) is 96.7 Å². The molecule has 0 atom stereocenters. The molecule has 2 aromatic carbocycles. The standard InChI is InChI=1S/C20H19FN4O3/c21-17-2-1-3-18(16(17)12-22)24-8-10-25(11-9-24)20(28)23-13-14-4-6-15(7-5-14)19(26)27/h1-7H,8-11,13H2,(H,23,28)(H,26,27). The summed E-state index contributed by atoms with van der Waals surface area (Å²) in [5.74, 6) is -1.54. The van der Waals surface area contributed by atoms with Crippen molar-refractivity contribution in [1.82, 2.24) is 10.2 Å². The first-order chi connectivity index (χ1) is 13.5. The molecule has 0 saturated carbocycles. The van der Waals surface area contributed by atoms with Crippen LogP contribution in [0.3, 0.4) is 0 Å². The fourth-order valence-electron chi connectivity index (χ4n) is 3.09. The van der Waals surface area contributed by atoms with Crippen LogP contribution in [0, 0.1) is 17.1 Å². The number of hydrogen-bond acceptors (Lipinski definition) is 4. The molecule has 2 N–H and O–H groups in total. The Morgan fingerprint density at radius 2 is 1.79 bits per heavy atom. The van der Waals surface area contributed by atoms with E-state index in [1.54, 1.807) is 29.2 Å². The number of nitrogens with one attached hydrogen (secondary N) is 1. The van der Waals surface area contributed by atoms with Gasteiger partial charge in [0.2, 0.25) is 0 Å². The predicted molar refractivity (Wildman–Crippen MR) is 101 cm³/mol. The summed E-state index contributed by atoms with van der Waals surface area (Å²) in [7, 11) is 0. The van der Waals surface area contributed by atoms with Crippen LogP contribution in [0.1, 0.15) is 21.5 Å². The predicted octanol–water partition coefficient (Wildman–Crippen LogP) is 2.43. The molecule has 2 aromatic rings. The first-order valence-corrected chi connectivity index (χ1v) is 8.78. The first-order valence-electron chi connectivity index (χ1n) is 8.78. The van der Waals surface area contributed by atoms with E-state index in [9.17, 15) is 19.2 Å². The van der Waals surface area contributed by atoms with Crippen LogP contribution < -0.4 is 10.2 Å². The van der Waals surface area contributed by atoms with E-state index in [4.69, 9.17) is 5.11 Å². The number of carbonyl (C=O) groups excluding carboxylic acids is 1. The quantitative estimate of drug-likeness (QED) is 0.847. The third-order valence-electron chi connectivity index (χ3n) is 4.66. The molecule has 0 unspecified atom stereocenters. The Balaban J connectivity index is 1.53. The fraction of sp³-hybridized carbons (Fsp3) is 0.250. The summed E-state index contributed by atoms with van der Waals surface area (Å²) in [5.41, 5.74) is 1.56. The Bertz CT molecular complexity index is 916. The maximum atomic E-state index is 13.8. The highest BCUT2D eigenvalue weighted by Gasteiger charge is 2.23. The Morgan fingerprint density at radius 3 is 2.39 bits per heavy atom. The highest BCUT2D eigenvalue weighted by Crippen LogP contribution is 2.23. The van der Waals surface area contributed by atoms with Gasteiger partial charge in [0.15, 0.2) is 0 Å². The number of carboxylic acid groups (broad SMARTS) is 1. The molecule has 0 aromatic heterocycles. The summed E-state index contributed by atoms with van der Waals surface area (Å²) in [4.78, 5) is 26.8. The lowest BCUT2D eigenvalue weighted by Gasteiger charge is -2.36. The molecule has 8 heteroatoms. The summed E-state index contributed by atoms with van der Waals surface area (Å²) in [5, 5.41) is 20.9. The van der Waals surface area contributed by atoms with Crippen LogP contribution >= 0.6 is 0 Å². The number of hydrogen-bond donors (Lipinski definition) is 2. The number of urea groups is 1. The van der Waals surface area contributed by atoms with E-state index in [0.29, 0.717) is 38.4 Å². The van der Waals surface area contributed by atoms with Gasteiger partial charge in [-0.25, -0.2) is 14.0 Å². The zero-order valence-corrected chi connectivity index (χ0v) is 15.1. The van der Waals surface area contributed by atoms with Gasteiger partial charge < -0.3 is 20.2 Å². The van der Waals surface area contributed by atoms with E-state index < -0.39 is 11.8 Å². The van der Waals surface area contributed by atoms with Gasteiger partial charge in [-0.3, -0.25) is 0 Å². The third-order valence-corrected chi connectivity index (χ3v) is 4.66. The van der Waals surface area contributed by atoms with Crippen molar-refractivity contribution in [3.05, 3.63) is 65.0 Å². The van der Waals surface area contributed by atoms with Crippen molar-refractivity contribution in [2.45, 2.75) is 6.54 Å². The zero-order valence-electron chi connectivity index (χ0n) is 15.1. The van der Waals surface area contributed by atoms with Crippen LogP contribution in [0.15, 0.2) is 42.5 Å². The Labute approximate surface area is 161 Å². The SMILES string of the molecule is N#Cc1c(F)cccc1N1CCN(C(=O)NCc2ccc(C(=O)O)cc2)CC1. The van der Waals surface area contributed by atoms with Crippen LogP contribution in [0.5, 0.6) is 0 Å². The van der Waals surface area contributed by atoms with Crippen molar-refractivity contribution in [2.24, 2.45) is 0 Å². The number of anilines is 1. The van der Waals surface area contributed by atoms with Gasteiger partial charge in [-0.2, -0.15) is 5.26 Å². The van der Waals surface area contributed by atoms with Gasteiger partial charge in [0.1, 0.15) is 17.4 Å². The molecule has 0 spiro atoms. The first kappa shape index (κ1) is 19.2. The molecule has 144 valence electrons. The van der Waals surface area contributed by atoms with Crippen LogP contribution in [0.2, 0.25) is 0 Å². The number of carboxylic acids is 1. The van der Waals surface area contributed by atoms with Gasteiger partial charge in [-0.15, -0.1) is 0 Å². The van der Waals surface area contributed by atoms with Crippen molar-refractivity contribution >= 4 is 17.7 Å². The minimum Gasteiger partial charge on any atom is -0.478 e. The van der Waals surface area contributed by atoms with Crippen molar-refractivity contribution in [3.63, 3.8) is 0 Å². The van der Waals surface area contributed by atoms with Crippen LogP contribution in [-0.4, -0.2) is 48.2 Å². The normalized spacial score (nSPS) is 13.7. The Kier molecular flexibility index (Phi) is 5.75. The molecule has 1 fully saturated rings. The number of amides is 2. The van der Waals surface area contributed by atoms with Crippen LogP contribution in [0.25, 0.3) is 0 Å². The number of piperazine rings is 1. The molecular formula is C20H19FN4O3. The average Bonchev–Trinajstić information content (AvgIpc) is 2.72. The lowest BCUT2D eigenvalue weighted by molar-refractivity contribution is 0.0697. The average molecular weight is 382 g/mol. The smallest absolute Gasteiger partial charge is 0.335 e. The summed E-state index contributed by atoms with van der Waals surface area (Å²) in [6.45, 7) is 2.19. The maximum Gasteiger partial charge on any atom is 0.335 e. The molecule has 3 rings (SSSR count). The number of halogens is 1. The zero-order chi connectivity index (χ0) is 20.1. The highest BCUT2D eigenvalue weighted by molar-refractivity contribution is 5.87. The monoisotopic (exact) mass is 382 g/mol. The molecule has 1 heterocycles. The molecule has 1 aliphatic heterocycles. The van der Waals surface area contributed by atoms with E-state index >= 15 is 0 Å². The second-order valence-corrected chi connectivity index (χ2v) is 6.38. The Morgan fingerprint density at radius 1 is 1.11 bits per heavy atom. The maximum absolute atomic E-state index is 13.8. The fourth-order valence-corrected chi connectivity index (χ4v) is 3.09. The number of nitriles is 1. The molecule has 2 amide bonds. The molecule has 1 aliphatic rings. The van der Waals surface area contributed by atoms with E-state index in [2.05, 4.69) is 5.32 Å². The number of nitrogens with zero attached hydrogens (tertiary/aromatic N) is 3. The third kappa shape index (κ3) is 4.20. The summed E-state index contributed by atoms with van der Waals surface area (Å²) < 4.78 is 13.8. The minimum atomic E-state index is -0.994. The van der Waals surface area contributed by atoms with Gasteiger partial charge in [-0.05, 0) is 29.8 Å². The number of aromatic carboxylic acids is 1. The highest BCUT2D eigenvalue weighted by atomic mass is 19.1. The summed E-state index contributed by atoms with van der Waals surface area (Å²) in [6.07, 6.45) is 0. The van der Waals surface area contributed by atoms with Crippen molar-refractivity contribution in [3.8, 4) is 6.07 Å². The van der Waals surface area contributed by atoms with E-state index in [0.717, 1.165) is 5.56 Å². The largest absolute Gasteiger partial charge is 0.478 e. The molecule has 1 saturated heterocycles. The van der Waals surface area contributed by atoms with Gasteiger partial charge in [0.05, 0.1) is 11.3 Å². The number of benzene rings is 2. The van der Waals surface area contributed by atoms with Gasteiger partial charge in [0.25, 0.3) is 0 Å². The van der Waals surface area contributed by atoms with Crippen molar-refractivity contribution in [2.75, 3.05) is 31.1 Å². The van der Waals surface area contributed by atoms with Gasteiger partial charge in [-0.1, -0.05) is 18.2 Å². The van der Waals surface area contributed by atoms with Gasteiger partial charge >= 0.3 is 12.0 Å².